The second-order valence-electron chi connectivity index (χ2n) is 8.47. The number of halogens is 1. The number of carbonyl (C=O) groups is 1. The zero-order chi connectivity index (χ0) is 26.2. The third-order valence-electron chi connectivity index (χ3n) is 5.94. The molecule has 1 atom stereocenters. The number of pyridine rings is 2. The molecule has 13 heteroatoms. The van der Waals surface area contributed by atoms with Gasteiger partial charge >= 0.3 is 0 Å². The molecule has 0 saturated heterocycles. The van der Waals surface area contributed by atoms with E-state index >= 15 is 4.39 Å². The van der Waals surface area contributed by atoms with Crippen molar-refractivity contribution in [2.24, 2.45) is 0 Å². The van der Waals surface area contributed by atoms with Gasteiger partial charge in [0.1, 0.15) is 11.7 Å². The number of anilines is 4. The molecule has 0 spiro atoms. The first-order chi connectivity index (χ1) is 17.0. The monoisotopic (exact) mass is 513 g/mol. The highest BCUT2D eigenvalue weighted by molar-refractivity contribution is 7.90. The van der Waals surface area contributed by atoms with Crippen LogP contribution >= 0.6 is 0 Å². The second kappa shape index (κ2) is 9.41. The van der Waals surface area contributed by atoms with Gasteiger partial charge in [-0.1, -0.05) is 6.92 Å². The number of rotatable bonds is 3. The van der Waals surface area contributed by atoms with Crippen LogP contribution in [-0.4, -0.2) is 45.5 Å². The third-order valence-corrected chi connectivity index (χ3v) is 7.58. The van der Waals surface area contributed by atoms with Crippen LogP contribution in [0.15, 0.2) is 36.8 Å². The van der Waals surface area contributed by atoms with E-state index < -0.39 is 15.7 Å². The van der Waals surface area contributed by atoms with E-state index in [1.165, 1.54) is 17.1 Å². The van der Waals surface area contributed by atoms with Crippen LogP contribution in [0.3, 0.4) is 0 Å². The van der Waals surface area contributed by atoms with Gasteiger partial charge in [-0.3, -0.25) is 14.5 Å². The number of hydrogen-bond donors (Lipinski definition) is 4. The number of hydrogen-bond acceptors (Lipinski definition) is 9. The summed E-state index contributed by atoms with van der Waals surface area (Å²) in [5, 5.41) is 15.5. The molecule has 0 fully saturated rings. The van der Waals surface area contributed by atoms with Gasteiger partial charge in [-0.05, 0) is 30.0 Å². The number of nitrogen functional groups attached to an aromatic ring is 2. The van der Waals surface area contributed by atoms with Crippen LogP contribution in [-0.2, 0) is 20.5 Å². The minimum absolute atomic E-state index is 0.0140. The van der Waals surface area contributed by atoms with Gasteiger partial charge in [-0.2, -0.15) is 5.10 Å². The maximum atomic E-state index is 15.1. The van der Waals surface area contributed by atoms with Crippen molar-refractivity contribution in [3.63, 3.8) is 0 Å². The van der Waals surface area contributed by atoms with Crippen LogP contribution in [0, 0.1) is 12.7 Å². The lowest BCUT2D eigenvalue weighted by molar-refractivity contribution is -0.122. The molecule has 1 aromatic carbocycles. The largest absolute Gasteiger partial charge is 0.483 e. The van der Waals surface area contributed by atoms with E-state index in [1.807, 2.05) is 13.0 Å². The van der Waals surface area contributed by atoms with Gasteiger partial charge in [0, 0.05) is 46.6 Å². The molecule has 3 aromatic heterocycles. The SMILES string of the molecule is Cc1c(N)cncc1-c1cc2cc(Nc3cc4n(n3)CS(=O)(=O)CC4C)ncc2c(N)c1F.O=CO. The summed E-state index contributed by atoms with van der Waals surface area (Å²) in [7, 11) is -3.19. The van der Waals surface area contributed by atoms with Gasteiger partial charge in [0.15, 0.2) is 21.5 Å². The van der Waals surface area contributed by atoms with Gasteiger partial charge in [0.25, 0.3) is 6.47 Å². The Balaban J connectivity index is 0.000000967. The van der Waals surface area contributed by atoms with E-state index in [2.05, 4.69) is 20.4 Å². The first kappa shape index (κ1) is 24.9. The fourth-order valence-electron chi connectivity index (χ4n) is 4.20. The van der Waals surface area contributed by atoms with Crippen LogP contribution in [0.2, 0.25) is 0 Å². The van der Waals surface area contributed by atoms with Gasteiger partial charge in [-0.15, -0.1) is 0 Å². The Labute approximate surface area is 205 Å². The van der Waals surface area contributed by atoms with Crippen LogP contribution in [0.25, 0.3) is 21.9 Å². The fraction of sp³-hybridized carbons (Fsp3) is 0.217. The molecule has 36 heavy (non-hydrogen) atoms. The Morgan fingerprint density at radius 2 is 1.89 bits per heavy atom. The zero-order valence-corrected chi connectivity index (χ0v) is 20.3. The number of benzene rings is 1. The quantitative estimate of drug-likeness (QED) is 0.235. The topological polar surface area (TPSA) is 179 Å². The number of aromatic nitrogens is 4. The molecule has 1 aliphatic rings. The molecular weight excluding hydrogens is 489 g/mol. The number of carboxylic acid groups (broad SMARTS) is 1. The van der Waals surface area contributed by atoms with E-state index in [0.29, 0.717) is 44.8 Å². The van der Waals surface area contributed by atoms with E-state index in [-0.39, 0.29) is 29.7 Å². The highest BCUT2D eigenvalue weighted by Crippen LogP contribution is 2.36. The van der Waals surface area contributed by atoms with Crippen LogP contribution in [0.5, 0.6) is 0 Å². The maximum absolute atomic E-state index is 15.1. The van der Waals surface area contributed by atoms with Crippen molar-refractivity contribution in [2.75, 3.05) is 22.5 Å². The summed E-state index contributed by atoms with van der Waals surface area (Å²) in [5.41, 5.74) is 14.9. The minimum atomic E-state index is -3.19. The van der Waals surface area contributed by atoms with Crippen molar-refractivity contribution in [3.8, 4) is 11.1 Å². The summed E-state index contributed by atoms with van der Waals surface area (Å²) < 4.78 is 40.7. The smallest absolute Gasteiger partial charge is 0.290 e. The first-order valence-corrected chi connectivity index (χ1v) is 12.6. The lowest BCUT2D eigenvalue weighted by Crippen LogP contribution is -2.27. The molecule has 0 bridgehead atoms. The third kappa shape index (κ3) is 4.64. The molecule has 1 unspecified atom stereocenters. The van der Waals surface area contributed by atoms with Crippen molar-refractivity contribution in [3.05, 3.63) is 53.9 Å². The average Bonchev–Trinajstić information content (AvgIpc) is 3.20. The number of nitrogens with one attached hydrogen (secondary N) is 1. The Kier molecular flexibility index (Phi) is 6.50. The normalized spacial score (nSPS) is 16.0. The van der Waals surface area contributed by atoms with Gasteiger partial charge < -0.3 is 21.9 Å². The fourth-order valence-corrected chi connectivity index (χ4v) is 5.82. The molecule has 4 aromatic rings. The summed E-state index contributed by atoms with van der Waals surface area (Å²) in [6.45, 7) is 3.40. The lowest BCUT2D eigenvalue weighted by atomic mass is 9.97. The van der Waals surface area contributed by atoms with Crippen LogP contribution in [0.4, 0.5) is 27.4 Å². The van der Waals surface area contributed by atoms with E-state index in [9.17, 15) is 8.42 Å². The molecule has 1 aliphatic heterocycles. The molecule has 0 saturated carbocycles. The number of sulfone groups is 1. The van der Waals surface area contributed by atoms with E-state index in [4.69, 9.17) is 21.4 Å². The maximum Gasteiger partial charge on any atom is 0.290 e. The predicted octanol–water partition coefficient (Wildman–Crippen LogP) is 3.04. The molecule has 11 nitrogen and oxygen atoms in total. The minimum Gasteiger partial charge on any atom is -0.483 e. The Morgan fingerprint density at radius 1 is 1.17 bits per heavy atom. The summed E-state index contributed by atoms with van der Waals surface area (Å²) >= 11 is 0. The number of nitrogens with zero attached hydrogens (tertiary/aromatic N) is 4. The molecule has 0 aliphatic carbocycles. The Bertz CT molecular complexity index is 1590. The van der Waals surface area contributed by atoms with Gasteiger partial charge in [0.05, 0.1) is 23.3 Å². The highest BCUT2D eigenvalue weighted by atomic mass is 32.2. The molecule has 5 rings (SSSR count). The van der Waals surface area contributed by atoms with Crippen molar-refractivity contribution in [1.29, 1.82) is 0 Å². The molecular formula is C23H24FN7O4S. The Hall–Kier alpha value is -4.26. The van der Waals surface area contributed by atoms with Gasteiger partial charge in [0.2, 0.25) is 0 Å². The predicted molar refractivity (Wildman–Crippen MR) is 135 cm³/mol. The van der Waals surface area contributed by atoms with Crippen molar-refractivity contribution in [2.45, 2.75) is 25.6 Å². The summed E-state index contributed by atoms with van der Waals surface area (Å²) in [6.07, 6.45) is 4.57. The molecule has 6 N–H and O–H groups in total. The Morgan fingerprint density at radius 3 is 2.61 bits per heavy atom. The van der Waals surface area contributed by atoms with Crippen molar-refractivity contribution in [1.82, 2.24) is 19.7 Å². The summed E-state index contributed by atoms with van der Waals surface area (Å²) in [5.74, 6) is 0.180. The zero-order valence-electron chi connectivity index (χ0n) is 19.4. The van der Waals surface area contributed by atoms with Crippen molar-refractivity contribution < 1.29 is 22.7 Å². The second-order valence-corrected chi connectivity index (χ2v) is 10.5. The van der Waals surface area contributed by atoms with E-state index in [0.717, 1.165) is 5.69 Å². The molecule has 188 valence electrons. The standard InChI is InChI=1S/C22H22FN7O2S.CH2O2/c1-11-9-33(31,32)10-30-18(11)5-20(29-30)28-19-4-13-3-14(15-6-26-8-17(24)12(15)2)21(23)22(25)16(13)7-27-19;2-1-3/h3-8,11H,9-10,24-25H2,1-2H3,(H,27,28,29);1H,(H,2,3). The average molecular weight is 514 g/mol. The number of fused-ring (bicyclic) bond motifs is 2. The number of nitrogens with two attached hydrogens (primary N) is 2. The van der Waals surface area contributed by atoms with Crippen molar-refractivity contribution >= 4 is 50.1 Å². The van der Waals surface area contributed by atoms with E-state index in [1.54, 1.807) is 25.3 Å². The lowest BCUT2D eigenvalue weighted by Gasteiger charge is -2.19. The molecule has 0 radical (unpaired) electrons. The van der Waals surface area contributed by atoms with Gasteiger partial charge in [-0.25, -0.2) is 17.8 Å². The van der Waals surface area contributed by atoms with Crippen LogP contribution in [0.1, 0.15) is 24.1 Å². The summed E-state index contributed by atoms with van der Waals surface area (Å²) in [6, 6.07) is 5.24. The highest BCUT2D eigenvalue weighted by Gasteiger charge is 2.28. The molecule has 4 heterocycles. The first-order valence-electron chi connectivity index (χ1n) is 10.8. The van der Waals surface area contributed by atoms with Crippen LogP contribution < -0.4 is 16.8 Å². The molecule has 0 amide bonds. The summed E-state index contributed by atoms with van der Waals surface area (Å²) in [4.78, 5) is 16.8.